The molecule has 1 aliphatic rings. The number of allylic oxidation sites excluding steroid dienone is 2. The molecule has 1 rings (SSSR count). The minimum absolute atomic E-state index is 0.0334. The Hall–Kier alpha value is -2.64. The molecule has 28 heavy (non-hydrogen) atoms. The Morgan fingerprint density at radius 3 is 2.61 bits per heavy atom. The Bertz CT molecular complexity index is 678. The number of unbranched alkanes of at least 4 members (excludes halogenated alkanes) is 1. The number of aliphatic hydroxyl groups is 1. The number of aliphatic carboxylic acids is 1. The molecule has 0 heterocycles. The average Bonchev–Trinajstić information content (AvgIpc) is 2.56. The van der Waals surface area contributed by atoms with Crippen LogP contribution in [0, 0.1) is 5.41 Å². The highest BCUT2D eigenvalue weighted by atomic mass is 16.5. The fraction of sp³-hybridized carbons (Fsp3) is 0.600. The van der Waals surface area contributed by atoms with Gasteiger partial charge in [0.1, 0.15) is 18.4 Å². The van der Waals surface area contributed by atoms with Crippen molar-refractivity contribution in [1.29, 1.82) is 0 Å². The number of carboxylic acid groups (broad SMARTS) is 1. The first-order valence-corrected chi connectivity index (χ1v) is 9.32. The van der Waals surface area contributed by atoms with E-state index in [1.54, 1.807) is 6.92 Å². The number of carboxylic acids is 1. The van der Waals surface area contributed by atoms with E-state index in [1.165, 1.54) is 6.08 Å². The van der Waals surface area contributed by atoms with E-state index in [0.29, 0.717) is 25.8 Å². The fourth-order valence-corrected chi connectivity index (χ4v) is 3.08. The number of carbonyl (C=O) groups excluding carboxylic acids is 2. The first-order valence-electron chi connectivity index (χ1n) is 9.32. The van der Waals surface area contributed by atoms with Gasteiger partial charge < -0.3 is 20.3 Å². The molecule has 0 aromatic heterocycles. The van der Waals surface area contributed by atoms with Crippen LogP contribution in [0.3, 0.4) is 0 Å². The van der Waals surface area contributed by atoms with Gasteiger partial charge in [-0.25, -0.2) is 9.59 Å². The number of Topliss-reactive ketones (excluding diaryl/α,β-unsaturated/α-hetero) is 1. The van der Waals surface area contributed by atoms with Gasteiger partial charge in [-0.2, -0.15) is 0 Å². The van der Waals surface area contributed by atoms with Crippen LogP contribution in [-0.4, -0.2) is 53.0 Å². The smallest absolute Gasteiger partial charge is 0.407 e. The number of carbonyl (C=O) groups is 3. The van der Waals surface area contributed by atoms with E-state index in [2.05, 4.69) is 16.9 Å². The van der Waals surface area contributed by atoms with Gasteiger partial charge in [0, 0.05) is 25.1 Å². The number of ketones is 1. The number of alkyl carbamates (subject to hydrolysis) is 1. The molecule has 0 unspecified atom stereocenters. The second kappa shape index (κ2) is 10.6. The number of rotatable bonds is 10. The summed E-state index contributed by atoms with van der Waals surface area (Å²) < 4.78 is 4.77. The van der Waals surface area contributed by atoms with Crippen molar-refractivity contribution >= 4 is 23.6 Å². The molecule has 8 heteroatoms. The molecule has 0 aromatic carbocycles. The predicted octanol–water partition coefficient (Wildman–Crippen LogP) is 3.18. The molecule has 0 saturated carbocycles. The second-order valence-corrected chi connectivity index (χ2v) is 7.64. The van der Waals surface area contributed by atoms with Gasteiger partial charge in [-0.15, -0.1) is 0 Å². The van der Waals surface area contributed by atoms with E-state index in [4.69, 9.17) is 4.74 Å². The third kappa shape index (κ3) is 7.54. The van der Waals surface area contributed by atoms with E-state index >= 15 is 0 Å². The van der Waals surface area contributed by atoms with Crippen molar-refractivity contribution < 1.29 is 29.3 Å². The van der Waals surface area contributed by atoms with E-state index in [0.717, 1.165) is 0 Å². The molecule has 0 bridgehead atoms. The number of hydrogen-bond acceptors (Lipinski definition) is 6. The molecular weight excluding hydrogens is 364 g/mol. The van der Waals surface area contributed by atoms with E-state index in [-0.39, 0.29) is 47.7 Å². The van der Waals surface area contributed by atoms with E-state index < -0.39 is 18.1 Å². The Kier molecular flexibility index (Phi) is 8.88. The van der Waals surface area contributed by atoms with Crippen LogP contribution in [0.25, 0.3) is 0 Å². The van der Waals surface area contributed by atoms with Crippen LogP contribution in [0.5, 0.6) is 0 Å². The minimum Gasteiger partial charge on any atom is -0.511 e. The van der Waals surface area contributed by atoms with Crippen LogP contribution in [0.4, 0.5) is 4.79 Å². The van der Waals surface area contributed by atoms with Crippen LogP contribution in [0.2, 0.25) is 0 Å². The molecule has 1 amide bonds. The van der Waals surface area contributed by atoms with Crippen LogP contribution in [0.15, 0.2) is 29.0 Å². The first kappa shape index (κ1) is 23.4. The topological polar surface area (TPSA) is 125 Å². The monoisotopic (exact) mass is 394 g/mol. The summed E-state index contributed by atoms with van der Waals surface area (Å²) in [7, 11) is 0. The Balaban J connectivity index is 2.64. The van der Waals surface area contributed by atoms with Gasteiger partial charge in [0.05, 0.1) is 5.57 Å². The molecule has 0 saturated heterocycles. The lowest BCUT2D eigenvalue weighted by Crippen LogP contribution is -2.29. The zero-order chi connectivity index (χ0) is 21.3. The fourth-order valence-electron chi connectivity index (χ4n) is 3.08. The van der Waals surface area contributed by atoms with Gasteiger partial charge in [-0.1, -0.05) is 26.5 Å². The zero-order valence-corrected chi connectivity index (χ0v) is 16.8. The van der Waals surface area contributed by atoms with Crippen LogP contribution < -0.4 is 5.32 Å². The highest BCUT2D eigenvalue weighted by molar-refractivity contribution is 6.22. The number of hydrogen-bond donors (Lipinski definition) is 3. The van der Waals surface area contributed by atoms with Crippen LogP contribution >= 0.6 is 0 Å². The van der Waals surface area contributed by atoms with E-state index in [1.807, 2.05) is 13.8 Å². The number of nitrogens with zero attached hydrogens (tertiary/aromatic N) is 1. The second-order valence-electron chi connectivity index (χ2n) is 7.64. The van der Waals surface area contributed by atoms with Crippen molar-refractivity contribution in [2.24, 2.45) is 10.4 Å². The molecule has 156 valence electrons. The maximum absolute atomic E-state index is 12.3. The van der Waals surface area contributed by atoms with Crippen molar-refractivity contribution in [2.45, 2.75) is 58.9 Å². The van der Waals surface area contributed by atoms with Crippen molar-refractivity contribution in [3.8, 4) is 0 Å². The summed E-state index contributed by atoms with van der Waals surface area (Å²) in [5.74, 6) is -1.35. The summed E-state index contributed by atoms with van der Waals surface area (Å²) in [6.07, 6.45) is 2.87. The number of ether oxygens (including phenoxy) is 1. The van der Waals surface area contributed by atoms with Crippen LogP contribution in [0.1, 0.15) is 52.9 Å². The molecular formula is C20H30N2O6. The lowest BCUT2D eigenvalue weighted by molar-refractivity contribution is -0.138. The highest BCUT2D eigenvalue weighted by Crippen LogP contribution is 2.36. The Labute approximate surface area is 165 Å². The quantitative estimate of drug-likeness (QED) is 0.297. The molecule has 0 radical (unpaired) electrons. The van der Waals surface area contributed by atoms with Gasteiger partial charge in [0.2, 0.25) is 0 Å². The summed E-state index contributed by atoms with van der Waals surface area (Å²) in [6.45, 7) is 9.25. The largest absolute Gasteiger partial charge is 0.511 e. The van der Waals surface area contributed by atoms with Gasteiger partial charge in [-0.3, -0.25) is 9.79 Å². The molecule has 0 fully saturated rings. The van der Waals surface area contributed by atoms with E-state index in [9.17, 15) is 24.6 Å². The zero-order valence-electron chi connectivity index (χ0n) is 16.8. The third-order valence-electron chi connectivity index (χ3n) is 4.35. The van der Waals surface area contributed by atoms with Gasteiger partial charge >= 0.3 is 12.1 Å². The summed E-state index contributed by atoms with van der Waals surface area (Å²) in [6, 6.07) is -1.02. The SMILES string of the molecule is C=CCOC(=O)NCCCC[C@H](N=C(C)C1=C(O)CC(C)(C)CC1=O)C(=O)O. The van der Waals surface area contributed by atoms with Crippen molar-refractivity contribution in [3.05, 3.63) is 24.0 Å². The predicted molar refractivity (Wildman–Crippen MR) is 106 cm³/mol. The number of aliphatic imine (C=N–C) groups is 1. The number of amides is 1. The lowest BCUT2D eigenvalue weighted by atomic mass is 9.75. The maximum Gasteiger partial charge on any atom is 0.407 e. The summed E-state index contributed by atoms with van der Waals surface area (Å²) in [5.41, 5.74) is 0.0606. The summed E-state index contributed by atoms with van der Waals surface area (Å²) in [4.78, 5) is 39.3. The van der Waals surface area contributed by atoms with Crippen molar-refractivity contribution in [3.63, 3.8) is 0 Å². The first-order chi connectivity index (χ1) is 13.1. The molecule has 0 spiro atoms. The summed E-state index contributed by atoms with van der Waals surface area (Å²) in [5, 5.41) is 22.2. The van der Waals surface area contributed by atoms with Gasteiger partial charge in [-0.05, 0) is 31.6 Å². The number of aliphatic hydroxyl groups excluding tert-OH is 1. The molecule has 1 aliphatic carbocycles. The molecule has 0 aromatic rings. The maximum atomic E-state index is 12.3. The Morgan fingerprint density at radius 1 is 1.36 bits per heavy atom. The average molecular weight is 394 g/mol. The van der Waals surface area contributed by atoms with Crippen molar-refractivity contribution in [2.75, 3.05) is 13.2 Å². The Morgan fingerprint density at radius 2 is 2.04 bits per heavy atom. The minimum atomic E-state index is -1.10. The highest BCUT2D eigenvalue weighted by Gasteiger charge is 2.34. The number of nitrogens with one attached hydrogen (secondary N) is 1. The van der Waals surface area contributed by atoms with Crippen molar-refractivity contribution in [1.82, 2.24) is 5.32 Å². The normalized spacial score (nSPS) is 17.8. The lowest BCUT2D eigenvalue weighted by Gasteiger charge is -2.29. The molecule has 3 N–H and O–H groups in total. The standard InChI is InChI=1S/C20H30N2O6/c1-5-10-28-19(27)21-9-7-6-8-14(18(25)26)22-13(2)17-15(23)11-20(3,4)12-16(17)24/h5,14,23H,1,6-12H2,2-4H3,(H,21,27)(H,25,26)/t14-/m0/s1. The molecule has 1 atom stereocenters. The van der Waals surface area contributed by atoms with Crippen LogP contribution in [-0.2, 0) is 14.3 Å². The third-order valence-corrected chi connectivity index (χ3v) is 4.35. The molecule has 0 aliphatic heterocycles. The van der Waals surface area contributed by atoms with Gasteiger partial charge in [0.25, 0.3) is 0 Å². The summed E-state index contributed by atoms with van der Waals surface area (Å²) >= 11 is 0. The van der Waals surface area contributed by atoms with Gasteiger partial charge in [0.15, 0.2) is 5.78 Å². The molecule has 8 nitrogen and oxygen atoms in total.